The highest BCUT2D eigenvalue weighted by atomic mass is 79.9. The maximum atomic E-state index is 5.87. The second kappa shape index (κ2) is 11.1. The van der Waals surface area contributed by atoms with Crippen molar-refractivity contribution in [3.8, 4) is 0 Å². The molecule has 0 unspecified atom stereocenters. The van der Waals surface area contributed by atoms with Gasteiger partial charge in [-0.15, -0.1) is 0 Å². The second-order valence-electron chi connectivity index (χ2n) is 9.66. The summed E-state index contributed by atoms with van der Waals surface area (Å²) in [5.41, 5.74) is 7.36. The average Bonchev–Trinajstić information content (AvgIpc) is 2.83. The molecular weight excluding hydrogens is 504 g/mol. The van der Waals surface area contributed by atoms with Gasteiger partial charge in [-0.3, -0.25) is 4.98 Å². The lowest BCUT2D eigenvalue weighted by molar-refractivity contribution is -0.0000684. The highest BCUT2D eigenvalue weighted by Crippen LogP contribution is 2.23. The van der Waals surface area contributed by atoms with E-state index in [9.17, 15) is 0 Å². The molecule has 7 heteroatoms. The third kappa shape index (κ3) is 6.54. The maximum absolute atomic E-state index is 5.87. The molecule has 1 aliphatic rings. The van der Waals surface area contributed by atoms with Crippen molar-refractivity contribution in [3.05, 3.63) is 93.0 Å². The van der Waals surface area contributed by atoms with E-state index in [2.05, 4.69) is 75.2 Å². The molecule has 0 amide bonds. The average molecular weight is 535 g/mol. The number of benzene rings is 1. The van der Waals surface area contributed by atoms with Gasteiger partial charge in [-0.05, 0) is 78.4 Å². The van der Waals surface area contributed by atoms with Gasteiger partial charge in [0.1, 0.15) is 29.2 Å². The van der Waals surface area contributed by atoms with Gasteiger partial charge in [0, 0.05) is 16.7 Å². The summed E-state index contributed by atoms with van der Waals surface area (Å²) in [7, 11) is 0. The molecule has 0 radical (unpaired) electrons. The third-order valence-electron chi connectivity index (χ3n) is 5.85. The minimum Gasteiger partial charge on any atom is -0.395 e. The molecule has 35 heavy (non-hydrogen) atoms. The predicted octanol–water partition coefficient (Wildman–Crippen LogP) is 6.41. The number of halogens is 1. The number of oxime groups is 2. The summed E-state index contributed by atoms with van der Waals surface area (Å²) in [5.74, 6) is 0. The van der Waals surface area contributed by atoms with Crippen LogP contribution < -0.4 is 0 Å². The molecule has 0 spiro atoms. The predicted molar refractivity (Wildman–Crippen MR) is 143 cm³/mol. The van der Waals surface area contributed by atoms with Crippen molar-refractivity contribution in [1.82, 2.24) is 9.97 Å². The van der Waals surface area contributed by atoms with E-state index in [1.54, 1.807) is 0 Å². The number of pyridine rings is 2. The lowest BCUT2D eigenvalue weighted by atomic mass is 9.94. The molecule has 0 N–H and O–H groups in total. The standard InChI is InChI=1S/C28H31BrN4O2/c1-19-9-5-6-11-22(19)27(23-12-8-14-25(29)31-23)33-35-18-28(3,4)17-34-32-24-13-7-10-21-16-15-20(2)30-26(21)24/h5-6,8-9,11-12,14-16H,7,10,13,17-18H2,1-4H3. The fraction of sp³-hybridized carbons (Fsp3) is 0.357. The van der Waals surface area contributed by atoms with Gasteiger partial charge in [-0.25, -0.2) is 4.98 Å². The molecule has 6 nitrogen and oxygen atoms in total. The summed E-state index contributed by atoms with van der Waals surface area (Å²) in [5, 5.41) is 8.98. The second-order valence-corrected chi connectivity index (χ2v) is 10.5. The zero-order valence-electron chi connectivity index (χ0n) is 20.7. The Balaban J connectivity index is 1.45. The molecule has 0 saturated carbocycles. The Morgan fingerprint density at radius 2 is 1.74 bits per heavy atom. The van der Waals surface area contributed by atoms with E-state index in [1.165, 1.54) is 5.56 Å². The van der Waals surface area contributed by atoms with Crippen molar-refractivity contribution >= 4 is 27.4 Å². The summed E-state index contributed by atoms with van der Waals surface area (Å²) < 4.78 is 0.748. The van der Waals surface area contributed by atoms with E-state index < -0.39 is 0 Å². The first-order valence-electron chi connectivity index (χ1n) is 11.9. The van der Waals surface area contributed by atoms with Gasteiger partial charge in [0.2, 0.25) is 0 Å². The van der Waals surface area contributed by atoms with Crippen LogP contribution in [0.4, 0.5) is 0 Å². The van der Waals surface area contributed by atoms with Crippen molar-refractivity contribution in [2.75, 3.05) is 13.2 Å². The zero-order valence-corrected chi connectivity index (χ0v) is 22.3. The Labute approximate surface area is 215 Å². The van der Waals surface area contributed by atoms with E-state index in [1.807, 2.05) is 43.3 Å². The van der Waals surface area contributed by atoms with Gasteiger partial charge in [-0.1, -0.05) is 60.6 Å². The molecule has 1 aliphatic carbocycles. The normalized spacial score (nSPS) is 15.1. The van der Waals surface area contributed by atoms with E-state index in [-0.39, 0.29) is 5.41 Å². The summed E-state index contributed by atoms with van der Waals surface area (Å²) in [6.45, 7) is 8.98. The van der Waals surface area contributed by atoms with Gasteiger partial charge in [0.15, 0.2) is 0 Å². The van der Waals surface area contributed by atoms with Crippen LogP contribution in [0.3, 0.4) is 0 Å². The molecule has 0 fully saturated rings. The fourth-order valence-corrected chi connectivity index (χ4v) is 4.25. The van der Waals surface area contributed by atoms with Crippen LogP contribution in [0.1, 0.15) is 60.5 Å². The first-order valence-corrected chi connectivity index (χ1v) is 12.7. The molecule has 0 atom stereocenters. The number of nitrogens with zero attached hydrogens (tertiary/aromatic N) is 4. The van der Waals surface area contributed by atoms with Crippen LogP contribution in [0.15, 0.2) is 69.5 Å². The van der Waals surface area contributed by atoms with Crippen molar-refractivity contribution in [2.45, 2.75) is 47.0 Å². The molecule has 2 aromatic heterocycles. The van der Waals surface area contributed by atoms with Crippen molar-refractivity contribution in [3.63, 3.8) is 0 Å². The molecule has 2 heterocycles. The summed E-state index contributed by atoms with van der Waals surface area (Å²) in [4.78, 5) is 20.9. The van der Waals surface area contributed by atoms with E-state index >= 15 is 0 Å². The quantitative estimate of drug-likeness (QED) is 0.190. The summed E-state index contributed by atoms with van der Waals surface area (Å²) in [6.07, 6.45) is 2.98. The number of rotatable bonds is 8. The molecule has 0 saturated heterocycles. The van der Waals surface area contributed by atoms with Crippen LogP contribution >= 0.6 is 15.9 Å². The third-order valence-corrected chi connectivity index (χ3v) is 6.29. The van der Waals surface area contributed by atoms with Crippen molar-refractivity contribution in [1.29, 1.82) is 0 Å². The summed E-state index contributed by atoms with van der Waals surface area (Å²) >= 11 is 3.46. The Morgan fingerprint density at radius 3 is 2.54 bits per heavy atom. The number of aromatic nitrogens is 2. The number of fused-ring (bicyclic) bond motifs is 1. The smallest absolute Gasteiger partial charge is 0.135 e. The SMILES string of the molecule is Cc1ccc2c(n1)C(=NOCC(C)(C)CON=C(c1cccc(Br)n1)c1ccccc1C)CCC2. The van der Waals surface area contributed by atoms with Crippen LogP contribution in [0.2, 0.25) is 0 Å². The van der Waals surface area contributed by atoms with Crippen molar-refractivity contribution in [2.24, 2.45) is 15.7 Å². The monoisotopic (exact) mass is 534 g/mol. The van der Waals surface area contributed by atoms with Crippen LogP contribution in [-0.2, 0) is 16.1 Å². The highest BCUT2D eigenvalue weighted by molar-refractivity contribution is 9.10. The molecular formula is C28H31BrN4O2. The van der Waals surface area contributed by atoms with E-state index in [4.69, 9.17) is 9.68 Å². The zero-order chi connectivity index (χ0) is 24.8. The number of hydrogen-bond donors (Lipinski definition) is 0. The van der Waals surface area contributed by atoms with Gasteiger partial charge in [0.25, 0.3) is 0 Å². The molecule has 0 bridgehead atoms. The molecule has 0 aliphatic heterocycles. The topological polar surface area (TPSA) is 69.0 Å². The minimum atomic E-state index is -0.299. The maximum Gasteiger partial charge on any atom is 0.135 e. The number of aryl methyl sites for hydroxylation is 3. The molecule has 1 aromatic carbocycles. The van der Waals surface area contributed by atoms with Gasteiger partial charge < -0.3 is 9.68 Å². The first-order chi connectivity index (χ1) is 16.8. The Hall–Kier alpha value is -3.06. The summed E-state index contributed by atoms with van der Waals surface area (Å²) in [6, 6.07) is 18.1. The van der Waals surface area contributed by atoms with Gasteiger partial charge in [-0.2, -0.15) is 0 Å². The van der Waals surface area contributed by atoms with Crippen LogP contribution in [0.25, 0.3) is 0 Å². The molecule has 4 rings (SSSR count). The minimum absolute atomic E-state index is 0.299. The van der Waals surface area contributed by atoms with Crippen LogP contribution in [-0.4, -0.2) is 34.6 Å². The van der Waals surface area contributed by atoms with Gasteiger partial charge in [0.05, 0.1) is 11.4 Å². The Morgan fingerprint density at radius 1 is 0.943 bits per heavy atom. The van der Waals surface area contributed by atoms with E-state index in [0.717, 1.165) is 57.8 Å². The Kier molecular flexibility index (Phi) is 7.96. The largest absolute Gasteiger partial charge is 0.395 e. The Bertz CT molecular complexity index is 1250. The lowest BCUT2D eigenvalue weighted by Crippen LogP contribution is -2.25. The lowest BCUT2D eigenvalue weighted by Gasteiger charge is -2.22. The highest BCUT2D eigenvalue weighted by Gasteiger charge is 2.23. The number of hydrogen-bond acceptors (Lipinski definition) is 6. The van der Waals surface area contributed by atoms with Crippen LogP contribution in [0, 0.1) is 19.3 Å². The first kappa shape index (κ1) is 25.0. The molecule has 3 aromatic rings. The van der Waals surface area contributed by atoms with Gasteiger partial charge >= 0.3 is 0 Å². The van der Waals surface area contributed by atoms with Crippen LogP contribution in [0.5, 0.6) is 0 Å². The van der Waals surface area contributed by atoms with E-state index in [0.29, 0.717) is 18.9 Å². The van der Waals surface area contributed by atoms with Crippen molar-refractivity contribution < 1.29 is 9.68 Å². The fourth-order valence-electron chi connectivity index (χ4n) is 3.90. The molecule has 182 valence electrons.